The van der Waals surface area contributed by atoms with Crippen LogP contribution in [0.15, 0.2) is 5.10 Å². The molecule has 1 heterocycles. The van der Waals surface area contributed by atoms with Crippen molar-refractivity contribution in [1.82, 2.24) is 16.3 Å². The SMILES string of the molecule is NC(=S)NNC1=NNC(=O)CS1. The number of hydrazine groups is 1. The molecule has 1 aliphatic heterocycles. The van der Waals surface area contributed by atoms with Crippen LogP contribution in [0.5, 0.6) is 0 Å². The fraction of sp³-hybridized carbons (Fsp3) is 0.250. The molecule has 1 amide bonds. The highest BCUT2D eigenvalue weighted by atomic mass is 32.2. The van der Waals surface area contributed by atoms with Gasteiger partial charge in [-0.25, -0.2) is 5.43 Å². The first-order valence-corrected chi connectivity index (χ1v) is 4.38. The van der Waals surface area contributed by atoms with Gasteiger partial charge < -0.3 is 5.73 Å². The summed E-state index contributed by atoms with van der Waals surface area (Å²) in [6.07, 6.45) is 0. The molecular weight excluding hydrogens is 198 g/mol. The van der Waals surface area contributed by atoms with E-state index in [4.69, 9.17) is 5.73 Å². The second-order valence-corrected chi connectivity index (χ2v) is 3.26. The number of hydrazone groups is 1. The third-order valence-corrected chi connectivity index (χ3v) is 1.89. The van der Waals surface area contributed by atoms with Crippen molar-refractivity contribution in [2.45, 2.75) is 0 Å². The van der Waals surface area contributed by atoms with Crippen molar-refractivity contribution in [3.05, 3.63) is 0 Å². The van der Waals surface area contributed by atoms with Crippen molar-refractivity contribution in [3.8, 4) is 0 Å². The van der Waals surface area contributed by atoms with Gasteiger partial charge in [-0.3, -0.25) is 15.6 Å². The Hall–Kier alpha value is -1.02. The summed E-state index contributed by atoms with van der Waals surface area (Å²) in [5.41, 5.74) is 12.6. The summed E-state index contributed by atoms with van der Waals surface area (Å²) in [6.45, 7) is 0. The Morgan fingerprint density at radius 3 is 3.08 bits per heavy atom. The first-order chi connectivity index (χ1) is 5.68. The summed E-state index contributed by atoms with van der Waals surface area (Å²) in [4.78, 5) is 10.6. The fourth-order valence-electron chi connectivity index (χ4n) is 0.491. The molecule has 1 rings (SSSR count). The van der Waals surface area contributed by atoms with Crippen LogP contribution >= 0.6 is 24.0 Å². The third kappa shape index (κ3) is 2.93. The molecule has 0 aromatic carbocycles. The van der Waals surface area contributed by atoms with E-state index >= 15 is 0 Å². The lowest BCUT2D eigenvalue weighted by Gasteiger charge is -2.13. The summed E-state index contributed by atoms with van der Waals surface area (Å²) in [6, 6.07) is 0. The van der Waals surface area contributed by atoms with Crippen LogP contribution < -0.4 is 22.0 Å². The highest BCUT2D eigenvalue weighted by Gasteiger charge is 2.10. The van der Waals surface area contributed by atoms with Gasteiger partial charge in [-0.05, 0) is 12.2 Å². The molecule has 0 saturated heterocycles. The minimum absolute atomic E-state index is 0.121. The monoisotopic (exact) mass is 205 g/mol. The molecule has 0 atom stereocenters. The lowest BCUT2D eigenvalue weighted by Crippen LogP contribution is -2.45. The standard InChI is InChI=1S/C4H7N5OS2/c5-3(11)7-9-4-8-6-2(10)1-12-4/h1H2,(H,6,10)(H,8,9)(H3,5,7,11). The second kappa shape index (κ2) is 4.12. The van der Waals surface area contributed by atoms with Crippen molar-refractivity contribution in [2.24, 2.45) is 10.8 Å². The van der Waals surface area contributed by atoms with Crippen molar-refractivity contribution in [1.29, 1.82) is 0 Å². The minimum atomic E-state index is -0.124. The van der Waals surface area contributed by atoms with Gasteiger partial charge in [0.2, 0.25) is 0 Å². The Morgan fingerprint density at radius 1 is 1.83 bits per heavy atom. The van der Waals surface area contributed by atoms with Crippen LogP contribution in [0, 0.1) is 0 Å². The van der Waals surface area contributed by atoms with Crippen molar-refractivity contribution in [2.75, 3.05) is 5.75 Å². The molecule has 1 aliphatic rings. The quantitative estimate of drug-likeness (QED) is 0.283. The molecule has 0 fully saturated rings. The van der Waals surface area contributed by atoms with Crippen LogP contribution in [-0.2, 0) is 4.79 Å². The van der Waals surface area contributed by atoms with Crippen LogP contribution in [0.25, 0.3) is 0 Å². The average Bonchev–Trinajstić information content (AvgIpc) is 2.03. The minimum Gasteiger partial charge on any atom is -0.375 e. The van der Waals surface area contributed by atoms with Gasteiger partial charge in [0.1, 0.15) is 0 Å². The van der Waals surface area contributed by atoms with E-state index < -0.39 is 0 Å². The maximum atomic E-state index is 10.6. The smallest absolute Gasteiger partial charge is 0.250 e. The highest BCUT2D eigenvalue weighted by Crippen LogP contribution is 2.03. The molecule has 0 bridgehead atoms. The van der Waals surface area contributed by atoms with E-state index in [1.165, 1.54) is 11.8 Å². The molecule has 6 nitrogen and oxygen atoms in total. The van der Waals surface area contributed by atoms with E-state index in [-0.39, 0.29) is 11.0 Å². The largest absolute Gasteiger partial charge is 0.375 e. The van der Waals surface area contributed by atoms with Crippen molar-refractivity contribution >= 4 is 40.2 Å². The first-order valence-electron chi connectivity index (χ1n) is 2.99. The number of carbonyl (C=O) groups excluding carboxylic acids is 1. The number of hydrogen-bond acceptors (Lipinski definition) is 5. The number of carbonyl (C=O) groups is 1. The Kier molecular flexibility index (Phi) is 3.11. The van der Waals surface area contributed by atoms with Crippen molar-refractivity contribution in [3.63, 3.8) is 0 Å². The average molecular weight is 205 g/mol. The highest BCUT2D eigenvalue weighted by molar-refractivity contribution is 8.14. The molecular formula is C4H7N5OS2. The number of rotatable bonds is 0. The van der Waals surface area contributed by atoms with E-state index in [9.17, 15) is 4.79 Å². The first kappa shape index (κ1) is 9.07. The molecule has 0 radical (unpaired) electrons. The summed E-state index contributed by atoms with van der Waals surface area (Å²) in [5, 5.41) is 4.32. The van der Waals surface area contributed by atoms with Gasteiger partial charge in [-0.1, -0.05) is 11.8 Å². The summed E-state index contributed by atoms with van der Waals surface area (Å²) in [5.74, 6) is 0.214. The Morgan fingerprint density at radius 2 is 2.58 bits per heavy atom. The molecule has 0 aliphatic carbocycles. The van der Waals surface area contributed by atoms with Crippen LogP contribution in [0.4, 0.5) is 0 Å². The van der Waals surface area contributed by atoms with E-state index in [0.717, 1.165) is 0 Å². The molecule has 0 aromatic rings. The number of amidine groups is 1. The molecule has 66 valence electrons. The van der Waals surface area contributed by atoms with E-state index in [1.54, 1.807) is 0 Å². The van der Waals surface area contributed by atoms with E-state index in [2.05, 4.69) is 33.6 Å². The number of nitrogens with two attached hydrogens (primary N) is 1. The molecule has 5 N–H and O–H groups in total. The zero-order valence-corrected chi connectivity index (χ0v) is 7.59. The Bertz CT molecular complexity index is 240. The molecule has 0 aromatic heterocycles. The fourth-order valence-corrected chi connectivity index (χ4v) is 1.11. The molecule has 0 unspecified atom stereocenters. The van der Waals surface area contributed by atoms with Gasteiger partial charge in [0.05, 0.1) is 5.75 Å². The van der Waals surface area contributed by atoms with E-state index in [1.807, 2.05) is 0 Å². The van der Waals surface area contributed by atoms with Crippen LogP contribution in [0.2, 0.25) is 0 Å². The van der Waals surface area contributed by atoms with Gasteiger partial charge in [0.15, 0.2) is 10.3 Å². The molecule has 8 heteroatoms. The maximum Gasteiger partial charge on any atom is 0.250 e. The number of nitrogens with one attached hydrogen (secondary N) is 3. The third-order valence-electron chi connectivity index (χ3n) is 0.915. The van der Waals surface area contributed by atoms with Crippen LogP contribution in [-0.4, -0.2) is 21.9 Å². The number of hydrogen-bond donors (Lipinski definition) is 4. The van der Waals surface area contributed by atoms with Gasteiger partial charge in [-0.15, -0.1) is 5.10 Å². The number of amides is 1. The summed E-state index contributed by atoms with van der Waals surface area (Å²) in [7, 11) is 0. The predicted molar refractivity (Wildman–Crippen MR) is 51.1 cm³/mol. The maximum absolute atomic E-state index is 10.6. The number of thiocarbonyl (C=S) groups is 1. The molecule has 0 saturated carbocycles. The van der Waals surface area contributed by atoms with Gasteiger partial charge in [0, 0.05) is 0 Å². The predicted octanol–water partition coefficient (Wildman–Crippen LogP) is -1.54. The number of thioether (sulfide) groups is 1. The lowest BCUT2D eigenvalue weighted by atomic mass is 10.7. The molecule has 0 spiro atoms. The zero-order chi connectivity index (χ0) is 8.97. The van der Waals surface area contributed by atoms with Crippen molar-refractivity contribution < 1.29 is 4.79 Å². The summed E-state index contributed by atoms with van der Waals surface area (Å²) < 4.78 is 0. The topological polar surface area (TPSA) is 91.5 Å². The van der Waals surface area contributed by atoms with E-state index in [0.29, 0.717) is 10.9 Å². The summed E-state index contributed by atoms with van der Waals surface area (Å²) >= 11 is 5.80. The Balaban J connectivity index is 2.33. The zero-order valence-electron chi connectivity index (χ0n) is 5.96. The number of nitrogens with zero attached hydrogens (tertiary/aromatic N) is 1. The Labute approximate surface area is 78.3 Å². The van der Waals surface area contributed by atoms with Crippen LogP contribution in [0.3, 0.4) is 0 Å². The van der Waals surface area contributed by atoms with Crippen LogP contribution in [0.1, 0.15) is 0 Å². The lowest BCUT2D eigenvalue weighted by molar-refractivity contribution is -0.118. The van der Waals surface area contributed by atoms with Gasteiger partial charge in [0.25, 0.3) is 5.91 Å². The van der Waals surface area contributed by atoms with Gasteiger partial charge >= 0.3 is 0 Å². The molecule has 12 heavy (non-hydrogen) atoms. The normalized spacial score (nSPS) is 16.0. The second-order valence-electron chi connectivity index (χ2n) is 1.85. The van der Waals surface area contributed by atoms with Gasteiger partial charge in [-0.2, -0.15) is 0 Å².